The molecule has 1 N–H and O–H groups in total. The topological polar surface area (TPSA) is 76.9 Å². The number of carbonyl (C=O) groups is 2. The Morgan fingerprint density at radius 1 is 1.47 bits per heavy atom. The number of nitrogens with one attached hydrogen (secondary N) is 1. The summed E-state index contributed by atoms with van der Waals surface area (Å²) in [6, 6.07) is 0. The summed E-state index contributed by atoms with van der Waals surface area (Å²) in [6.45, 7) is 1.90. The zero-order valence-electron chi connectivity index (χ0n) is 8.28. The van der Waals surface area contributed by atoms with Crippen LogP contribution in [0.4, 0.5) is 5.95 Å². The second kappa shape index (κ2) is 2.44. The van der Waals surface area contributed by atoms with E-state index in [1.165, 1.54) is 4.68 Å². The third-order valence-corrected chi connectivity index (χ3v) is 2.98. The van der Waals surface area contributed by atoms with Crippen molar-refractivity contribution in [3.63, 3.8) is 0 Å². The van der Waals surface area contributed by atoms with Crippen molar-refractivity contribution in [3.8, 4) is 0 Å². The van der Waals surface area contributed by atoms with E-state index in [1.54, 1.807) is 0 Å². The summed E-state index contributed by atoms with van der Waals surface area (Å²) >= 11 is 0. The molecule has 1 aromatic heterocycles. The number of fused-ring (bicyclic) bond motifs is 1. The van der Waals surface area contributed by atoms with Crippen LogP contribution >= 0.6 is 0 Å². The van der Waals surface area contributed by atoms with Gasteiger partial charge < -0.3 is 0 Å². The first kappa shape index (κ1) is 8.58. The number of amides is 1. The number of aromatic nitrogens is 3. The Labute approximate surface area is 85.7 Å². The minimum atomic E-state index is -0.828. The summed E-state index contributed by atoms with van der Waals surface area (Å²) in [5.41, 5.74) is -0.828. The van der Waals surface area contributed by atoms with Crippen molar-refractivity contribution in [1.29, 1.82) is 0 Å². The molecule has 6 heteroatoms. The maximum atomic E-state index is 11.9. The predicted molar refractivity (Wildman–Crippen MR) is 50.3 cm³/mol. The molecule has 2 heterocycles. The first-order valence-electron chi connectivity index (χ1n) is 4.99. The van der Waals surface area contributed by atoms with Gasteiger partial charge in [0.25, 0.3) is 5.91 Å². The molecule has 1 aromatic rings. The number of carbonyl (C=O) groups excluding carboxylic acids is 2. The number of hydrogen-bond acceptors (Lipinski definition) is 4. The first-order chi connectivity index (χ1) is 7.17. The molecule has 1 aliphatic heterocycles. The van der Waals surface area contributed by atoms with E-state index < -0.39 is 5.41 Å². The largest absolute Gasteiger partial charge is 0.293 e. The van der Waals surface area contributed by atoms with E-state index in [4.69, 9.17) is 0 Å². The van der Waals surface area contributed by atoms with Gasteiger partial charge in [0.05, 0.1) is 0 Å². The molecule has 15 heavy (non-hydrogen) atoms. The Balaban J connectivity index is 2.12. The summed E-state index contributed by atoms with van der Waals surface area (Å²) in [6.07, 6.45) is 1.90. The van der Waals surface area contributed by atoms with Crippen LogP contribution in [0.25, 0.3) is 0 Å². The Morgan fingerprint density at radius 3 is 2.80 bits per heavy atom. The zero-order valence-corrected chi connectivity index (χ0v) is 8.28. The molecule has 1 saturated carbocycles. The highest BCUT2D eigenvalue weighted by molar-refractivity contribution is 6.16. The average Bonchev–Trinajstić information content (AvgIpc) is 2.92. The highest BCUT2D eigenvalue weighted by Crippen LogP contribution is 2.49. The third-order valence-electron chi connectivity index (χ3n) is 2.98. The van der Waals surface area contributed by atoms with Crippen LogP contribution in [0.5, 0.6) is 0 Å². The van der Waals surface area contributed by atoms with Gasteiger partial charge in [0.1, 0.15) is 5.41 Å². The number of aryl methyl sites for hydroxylation is 1. The van der Waals surface area contributed by atoms with Crippen LogP contribution < -0.4 is 5.32 Å². The molecule has 2 aliphatic rings. The standard InChI is InChI=1S/C9H10N4O2/c1-2-5-10-8-11-6(14)9(3-4-9)7(15)13(8)12-5/h2-4H2,1H3,(H,10,11,12,14). The van der Waals surface area contributed by atoms with Crippen LogP contribution in [0.3, 0.4) is 0 Å². The zero-order chi connectivity index (χ0) is 10.6. The van der Waals surface area contributed by atoms with Crippen molar-refractivity contribution in [2.24, 2.45) is 5.41 Å². The van der Waals surface area contributed by atoms with Gasteiger partial charge in [0.15, 0.2) is 5.82 Å². The fourth-order valence-electron chi connectivity index (χ4n) is 1.81. The van der Waals surface area contributed by atoms with Gasteiger partial charge in [-0.25, -0.2) is 0 Å². The van der Waals surface area contributed by atoms with E-state index in [9.17, 15) is 9.59 Å². The van der Waals surface area contributed by atoms with Crippen LogP contribution in [0.1, 0.15) is 30.4 Å². The lowest BCUT2D eigenvalue weighted by molar-refractivity contribution is -0.120. The summed E-state index contributed by atoms with van der Waals surface area (Å²) in [7, 11) is 0. The average molecular weight is 206 g/mol. The molecule has 0 saturated heterocycles. The molecule has 0 atom stereocenters. The summed E-state index contributed by atoms with van der Waals surface area (Å²) < 4.78 is 1.23. The molecule has 0 radical (unpaired) electrons. The second-order valence-electron chi connectivity index (χ2n) is 3.96. The van der Waals surface area contributed by atoms with Gasteiger partial charge in [-0.2, -0.15) is 9.67 Å². The van der Waals surface area contributed by atoms with E-state index in [1.807, 2.05) is 6.92 Å². The molecule has 1 amide bonds. The van der Waals surface area contributed by atoms with Gasteiger partial charge in [-0.3, -0.25) is 14.9 Å². The monoisotopic (exact) mass is 206 g/mol. The molecule has 1 aliphatic carbocycles. The highest BCUT2D eigenvalue weighted by atomic mass is 16.2. The number of rotatable bonds is 1. The van der Waals surface area contributed by atoms with Crippen LogP contribution in [0, 0.1) is 5.41 Å². The molecule has 78 valence electrons. The van der Waals surface area contributed by atoms with Gasteiger partial charge in [0.2, 0.25) is 11.9 Å². The van der Waals surface area contributed by atoms with Crippen molar-refractivity contribution in [2.45, 2.75) is 26.2 Å². The fourth-order valence-corrected chi connectivity index (χ4v) is 1.81. The Morgan fingerprint density at radius 2 is 2.20 bits per heavy atom. The first-order valence-corrected chi connectivity index (χ1v) is 4.99. The van der Waals surface area contributed by atoms with Crippen molar-refractivity contribution in [1.82, 2.24) is 14.8 Å². The van der Waals surface area contributed by atoms with Crippen molar-refractivity contribution in [3.05, 3.63) is 5.82 Å². The predicted octanol–water partition coefficient (Wildman–Crippen LogP) is 0.213. The maximum absolute atomic E-state index is 11.9. The van der Waals surface area contributed by atoms with Gasteiger partial charge in [-0.1, -0.05) is 6.92 Å². The molecule has 0 unspecified atom stereocenters. The van der Waals surface area contributed by atoms with Gasteiger partial charge in [-0.15, -0.1) is 5.10 Å². The number of nitrogens with zero attached hydrogens (tertiary/aromatic N) is 3. The molecule has 6 nitrogen and oxygen atoms in total. The molecular formula is C9H10N4O2. The summed E-state index contributed by atoms with van der Waals surface area (Å²) in [5.74, 6) is 0.388. The molecule has 1 fully saturated rings. The summed E-state index contributed by atoms with van der Waals surface area (Å²) in [5, 5.41) is 6.69. The Kier molecular flexibility index (Phi) is 1.40. The van der Waals surface area contributed by atoms with E-state index >= 15 is 0 Å². The highest BCUT2D eigenvalue weighted by Gasteiger charge is 2.60. The fraction of sp³-hybridized carbons (Fsp3) is 0.556. The SMILES string of the molecule is CCc1nc2n(n1)C(=O)C1(CC1)C(=O)N2. The van der Waals surface area contributed by atoms with Crippen molar-refractivity contribution < 1.29 is 9.59 Å². The van der Waals surface area contributed by atoms with Crippen LogP contribution in [0.2, 0.25) is 0 Å². The number of hydrogen-bond donors (Lipinski definition) is 1. The third kappa shape index (κ3) is 0.934. The molecular weight excluding hydrogens is 196 g/mol. The molecule has 0 bridgehead atoms. The lowest BCUT2D eigenvalue weighted by Crippen LogP contribution is -2.41. The van der Waals surface area contributed by atoms with E-state index in [0.29, 0.717) is 25.1 Å². The Bertz CT molecular complexity index is 472. The van der Waals surface area contributed by atoms with Gasteiger partial charge in [0, 0.05) is 6.42 Å². The van der Waals surface area contributed by atoms with Crippen LogP contribution in [0.15, 0.2) is 0 Å². The molecule has 3 rings (SSSR count). The molecule has 0 aromatic carbocycles. The Hall–Kier alpha value is -1.72. The normalized spacial score (nSPS) is 21.4. The minimum absolute atomic E-state index is 0.227. The smallest absolute Gasteiger partial charge is 0.265 e. The lowest BCUT2D eigenvalue weighted by Gasteiger charge is -2.19. The van der Waals surface area contributed by atoms with Gasteiger partial charge in [-0.05, 0) is 12.8 Å². The van der Waals surface area contributed by atoms with E-state index in [0.717, 1.165) is 0 Å². The van der Waals surface area contributed by atoms with Crippen LogP contribution in [-0.2, 0) is 11.2 Å². The molecule has 1 spiro atoms. The minimum Gasteiger partial charge on any atom is -0.293 e. The van der Waals surface area contributed by atoms with E-state index in [-0.39, 0.29) is 17.8 Å². The van der Waals surface area contributed by atoms with Gasteiger partial charge >= 0.3 is 0 Å². The second-order valence-corrected chi connectivity index (χ2v) is 3.96. The summed E-state index contributed by atoms with van der Waals surface area (Å²) in [4.78, 5) is 27.6. The quantitative estimate of drug-likeness (QED) is 0.666. The lowest BCUT2D eigenvalue weighted by atomic mass is 10.0. The maximum Gasteiger partial charge on any atom is 0.265 e. The van der Waals surface area contributed by atoms with Crippen LogP contribution in [-0.4, -0.2) is 26.6 Å². The number of anilines is 1. The van der Waals surface area contributed by atoms with Crippen molar-refractivity contribution >= 4 is 17.8 Å². The van der Waals surface area contributed by atoms with E-state index in [2.05, 4.69) is 15.4 Å². The van der Waals surface area contributed by atoms with Crippen molar-refractivity contribution in [2.75, 3.05) is 5.32 Å².